The zero-order valence-corrected chi connectivity index (χ0v) is 9.93. The second-order valence-electron chi connectivity index (χ2n) is 3.60. The molecule has 0 aromatic rings. The zero-order chi connectivity index (χ0) is 11.0. The summed E-state index contributed by atoms with van der Waals surface area (Å²) < 4.78 is 36.5. The molecule has 0 fully saturated rings. The summed E-state index contributed by atoms with van der Waals surface area (Å²) in [5, 5.41) is 0. The molecule has 0 N–H and O–H groups in total. The second-order valence-corrected chi connectivity index (χ2v) is 6.15. The minimum absolute atomic E-state index is 0.525. The van der Waals surface area contributed by atoms with Gasteiger partial charge >= 0.3 is 6.18 Å². The van der Waals surface area contributed by atoms with E-state index in [4.69, 9.17) is 0 Å². The molecule has 0 rings (SSSR count). The number of halogens is 3. The van der Waals surface area contributed by atoms with E-state index in [1.54, 1.807) is 0 Å². The van der Waals surface area contributed by atoms with Crippen LogP contribution in [0, 0.1) is 0 Å². The van der Waals surface area contributed by atoms with Crippen molar-refractivity contribution in [2.75, 3.05) is 18.5 Å². The van der Waals surface area contributed by atoms with E-state index in [1.165, 1.54) is 0 Å². The van der Waals surface area contributed by atoms with Crippen molar-refractivity contribution in [3.63, 3.8) is 0 Å². The van der Waals surface area contributed by atoms with E-state index in [0.29, 0.717) is 0 Å². The lowest BCUT2D eigenvalue weighted by atomic mass is 10.4. The molecule has 0 aromatic heterocycles. The van der Waals surface area contributed by atoms with Crippen LogP contribution in [0.1, 0.15) is 39.5 Å². The van der Waals surface area contributed by atoms with Gasteiger partial charge in [0, 0.05) is 0 Å². The molecule has 0 bridgehead atoms. The molecule has 0 aromatic carbocycles. The van der Waals surface area contributed by atoms with E-state index in [-0.39, 0.29) is 0 Å². The van der Waals surface area contributed by atoms with E-state index in [9.17, 15) is 13.2 Å². The van der Waals surface area contributed by atoms with Gasteiger partial charge in [-0.25, -0.2) is 0 Å². The molecule has 0 aliphatic carbocycles. The fourth-order valence-electron chi connectivity index (χ4n) is 1.29. The van der Waals surface area contributed by atoms with Crippen LogP contribution in [0.25, 0.3) is 0 Å². The highest BCUT2D eigenvalue weighted by Gasteiger charge is 2.30. The number of hydrogen-bond donors (Lipinski definition) is 0. The minimum atomic E-state index is -3.95. The van der Waals surface area contributed by atoms with Gasteiger partial charge in [-0.15, -0.1) is 0 Å². The van der Waals surface area contributed by atoms with Crippen molar-refractivity contribution >= 4 is 7.92 Å². The average molecular weight is 228 g/mol. The summed E-state index contributed by atoms with van der Waals surface area (Å²) in [6, 6.07) is 0. The Hall–Kier alpha value is 0.220. The molecule has 0 nitrogen and oxygen atoms in total. The summed E-state index contributed by atoms with van der Waals surface area (Å²) in [4.78, 5) is 0. The van der Waals surface area contributed by atoms with Gasteiger partial charge < -0.3 is 0 Å². The molecular weight excluding hydrogens is 208 g/mol. The summed E-state index contributed by atoms with van der Waals surface area (Å²) in [7, 11) is -0.785. The smallest absolute Gasteiger partial charge is 0.171 e. The third-order valence-electron chi connectivity index (χ3n) is 2.06. The fourth-order valence-corrected chi connectivity index (χ4v) is 3.86. The molecule has 0 radical (unpaired) electrons. The van der Waals surface area contributed by atoms with Gasteiger partial charge in [0.25, 0.3) is 0 Å². The lowest BCUT2D eigenvalue weighted by molar-refractivity contribution is -0.106. The lowest BCUT2D eigenvalue weighted by Gasteiger charge is -2.18. The molecule has 0 aliphatic heterocycles. The second kappa shape index (κ2) is 7.50. The number of alkyl halides is 3. The van der Waals surface area contributed by atoms with Crippen LogP contribution in [0.3, 0.4) is 0 Å². The van der Waals surface area contributed by atoms with Crippen LogP contribution < -0.4 is 0 Å². The van der Waals surface area contributed by atoms with Crippen LogP contribution in [0.4, 0.5) is 13.2 Å². The fraction of sp³-hybridized carbons (Fsp3) is 1.00. The summed E-state index contributed by atoms with van der Waals surface area (Å²) in [5.41, 5.74) is 0. The molecule has 0 saturated carbocycles. The monoisotopic (exact) mass is 228 g/mol. The first kappa shape index (κ1) is 14.2. The normalized spacial score (nSPS) is 12.4. The standard InChI is InChI=1S/C10H20F3P/c1-3-5-7-14(8-6-4-2)9-10(11,12)13/h3-9H2,1-2H3. The summed E-state index contributed by atoms with van der Waals surface area (Å²) in [6.45, 7) is 4.06. The molecule has 0 spiro atoms. The first-order valence-electron chi connectivity index (χ1n) is 5.28. The summed E-state index contributed by atoms with van der Waals surface area (Å²) >= 11 is 0. The molecule has 14 heavy (non-hydrogen) atoms. The van der Waals surface area contributed by atoms with Crippen molar-refractivity contribution < 1.29 is 13.2 Å². The number of hydrogen-bond acceptors (Lipinski definition) is 0. The van der Waals surface area contributed by atoms with Crippen LogP contribution in [0.5, 0.6) is 0 Å². The van der Waals surface area contributed by atoms with E-state index in [2.05, 4.69) is 0 Å². The highest BCUT2D eigenvalue weighted by Crippen LogP contribution is 2.42. The van der Waals surface area contributed by atoms with Gasteiger partial charge in [-0.3, -0.25) is 0 Å². The van der Waals surface area contributed by atoms with Gasteiger partial charge in [0.1, 0.15) is 0 Å². The van der Waals surface area contributed by atoms with Crippen LogP contribution >= 0.6 is 7.92 Å². The predicted molar refractivity (Wildman–Crippen MR) is 57.4 cm³/mol. The number of rotatable bonds is 7. The summed E-state index contributed by atoms with van der Waals surface area (Å²) in [5.74, 6) is 0. The molecule has 0 heterocycles. The Morgan fingerprint density at radius 2 is 1.36 bits per heavy atom. The van der Waals surface area contributed by atoms with Gasteiger partial charge in [-0.1, -0.05) is 34.6 Å². The maximum atomic E-state index is 12.2. The van der Waals surface area contributed by atoms with Crippen LogP contribution in [0.15, 0.2) is 0 Å². The first-order chi connectivity index (χ1) is 6.49. The third kappa shape index (κ3) is 8.80. The van der Waals surface area contributed by atoms with Gasteiger partial charge in [0.05, 0.1) is 6.16 Å². The topological polar surface area (TPSA) is 0 Å². The highest BCUT2D eigenvalue weighted by molar-refractivity contribution is 7.57. The van der Waals surface area contributed by atoms with Gasteiger partial charge in [0.2, 0.25) is 0 Å². The van der Waals surface area contributed by atoms with Crippen LogP contribution in [0.2, 0.25) is 0 Å². The first-order valence-corrected chi connectivity index (χ1v) is 7.18. The van der Waals surface area contributed by atoms with E-state index in [1.807, 2.05) is 13.8 Å². The van der Waals surface area contributed by atoms with Gasteiger partial charge in [0.15, 0.2) is 0 Å². The molecule has 0 aliphatic rings. The van der Waals surface area contributed by atoms with E-state index < -0.39 is 20.3 Å². The lowest BCUT2D eigenvalue weighted by Crippen LogP contribution is -2.14. The van der Waals surface area contributed by atoms with Crippen LogP contribution in [-0.2, 0) is 0 Å². The Labute approximate surface area is 86.0 Å². The Morgan fingerprint density at radius 1 is 0.929 bits per heavy atom. The van der Waals surface area contributed by atoms with Crippen molar-refractivity contribution in [2.45, 2.75) is 45.7 Å². The number of unbranched alkanes of at least 4 members (excludes halogenated alkanes) is 2. The Bertz CT molecular complexity index is 126. The van der Waals surface area contributed by atoms with Crippen LogP contribution in [-0.4, -0.2) is 24.7 Å². The Morgan fingerprint density at radius 3 is 1.64 bits per heavy atom. The zero-order valence-electron chi connectivity index (χ0n) is 9.03. The minimum Gasteiger partial charge on any atom is -0.171 e. The quantitative estimate of drug-likeness (QED) is 0.557. The van der Waals surface area contributed by atoms with Crippen molar-refractivity contribution in [3.8, 4) is 0 Å². The van der Waals surface area contributed by atoms with Crippen molar-refractivity contribution in [3.05, 3.63) is 0 Å². The van der Waals surface area contributed by atoms with Gasteiger partial charge in [-0.05, 0) is 25.2 Å². The average Bonchev–Trinajstić information content (AvgIpc) is 2.07. The van der Waals surface area contributed by atoms with Crippen molar-refractivity contribution in [2.24, 2.45) is 0 Å². The van der Waals surface area contributed by atoms with E-state index in [0.717, 1.165) is 38.0 Å². The Balaban J connectivity index is 3.84. The molecule has 86 valence electrons. The van der Waals surface area contributed by atoms with E-state index >= 15 is 0 Å². The van der Waals surface area contributed by atoms with Crippen molar-refractivity contribution in [1.29, 1.82) is 0 Å². The largest absolute Gasteiger partial charge is 0.392 e. The molecular formula is C10H20F3P. The van der Waals surface area contributed by atoms with Crippen molar-refractivity contribution in [1.82, 2.24) is 0 Å². The molecule has 0 amide bonds. The highest BCUT2D eigenvalue weighted by atomic mass is 31.1. The summed E-state index contributed by atoms with van der Waals surface area (Å²) in [6.07, 6.45) is 1.02. The maximum absolute atomic E-state index is 12.2. The molecule has 4 heteroatoms. The molecule has 0 saturated heterocycles. The van der Waals surface area contributed by atoms with Gasteiger partial charge in [-0.2, -0.15) is 13.2 Å². The Kier molecular flexibility index (Phi) is 7.62. The molecule has 0 unspecified atom stereocenters. The predicted octanol–water partition coefficient (Wildman–Crippen LogP) is 4.63. The molecule has 0 atom stereocenters. The maximum Gasteiger partial charge on any atom is 0.392 e. The third-order valence-corrected chi connectivity index (χ3v) is 4.76. The SMILES string of the molecule is CCCCP(CCCC)CC(F)(F)F.